The molecule has 5 nitrogen and oxygen atoms in total. The number of anilines is 2. The molecule has 0 radical (unpaired) electrons. The van der Waals surface area contributed by atoms with E-state index in [1.165, 1.54) is 0 Å². The van der Waals surface area contributed by atoms with Crippen LogP contribution in [0.2, 0.25) is 0 Å². The number of methoxy groups -OCH3 is 1. The molecule has 2 aromatic rings. The number of aryl methyl sites for hydroxylation is 1. The summed E-state index contributed by atoms with van der Waals surface area (Å²) in [6, 6.07) is 12.5. The van der Waals surface area contributed by atoms with Crippen LogP contribution in [-0.4, -0.2) is 19.6 Å². The van der Waals surface area contributed by atoms with E-state index >= 15 is 0 Å². The maximum atomic E-state index is 11.9. The Bertz CT molecular complexity index is 641. The number of rotatable bonds is 5. The summed E-state index contributed by atoms with van der Waals surface area (Å²) in [5, 5.41) is 2.75. The van der Waals surface area contributed by atoms with Gasteiger partial charge in [-0.2, -0.15) is 0 Å². The standard InChI is InChI=1S/C16H18N2O3/c1-11-9-12(17)7-8-14(11)21-10-16(19)18-13-5-3-4-6-15(13)20-2/h3-9H,10,17H2,1-2H3,(H,18,19). The second-order valence-corrected chi connectivity index (χ2v) is 4.56. The molecule has 21 heavy (non-hydrogen) atoms. The van der Waals surface area contributed by atoms with Crippen LogP contribution in [0.15, 0.2) is 42.5 Å². The average molecular weight is 286 g/mol. The maximum Gasteiger partial charge on any atom is 0.262 e. The summed E-state index contributed by atoms with van der Waals surface area (Å²) in [6.07, 6.45) is 0. The number of amides is 1. The van der Waals surface area contributed by atoms with Gasteiger partial charge in [0.2, 0.25) is 0 Å². The Balaban J connectivity index is 1.96. The number of carbonyl (C=O) groups excluding carboxylic acids is 1. The number of carbonyl (C=O) groups is 1. The van der Waals surface area contributed by atoms with Gasteiger partial charge in [0, 0.05) is 5.69 Å². The van der Waals surface area contributed by atoms with E-state index < -0.39 is 0 Å². The number of nitrogens with one attached hydrogen (secondary N) is 1. The largest absolute Gasteiger partial charge is 0.495 e. The van der Waals surface area contributed by atoms with Crippen LogP contribution in [0.5, 0.6) is 11.5 Å². The Morgan fingerprint density at radius 2 is 1.95 bits per heavy atom. The number of hydrogen-bond acceptors (Lipinski definition) is 4. The third-order valence-electron chi connectivity index (χ3n) is 2.94. The Labute approximate surface area is 123 Å². The van der Waals surface area contributed by atoms with Crippen molar-refractivity contribution in [1.29, 1.82) is 0 Å². The zero-order chi connectivity index (χ0) is 15.2. The molecule has 0 aliphatic rings. The maximum absolute atomic E-state index is 11.9. The van der Waals surface area contributed by atoms with Crippen LogP contribution < -0.4 is 20.5 Å². The molecular weight excluding hydrogens is 268 g/mol. The van der Waals surface area contributed by atoms with Crippen LogP contribution >= 0.6 is 0 Å². The average Bonchev–Trinajstić information content (AvgIpc) is 2.47. The molecule has 0 aliphatic carbocycles. The molecule has 2 rings (SSSR count). The van der Waals surface area contributed by atoms with Gasteiger partial charge >= 0.3 is 0 Å². The minimum absolute atomic E-state index is 0.0805. The number of hydrogen-bond donors (Lipinski definition) is 2. The number of ether oxygens (including phenoxy) is 2. The molecule has 0 heterocycles. The first kappa shape index (κ1) is 14.7. The molecule has 0 atom stereocenters. The van der Waals surface area contributed by atoms with Gasteiger partial charge in [0.1, 0.15) is 11.5 Å². The third-order valence-corrected chi connectivity index (χ3v) is 2.94. The van der Waals surface area contributed by atoms with Crippen molar-refractivity contribution >= 4 is 17.3 Å². The summed E-state index contributed by atoms with van der Waals surface area (Å²) in [5.41, 5.74) is 7.84. The van der Waals surface area contributed by atoms with Crippen molar-refractivity contribution in [2.24, 2.45) is 0 Å². The van der Waals surface area contributed by atoms with Crippen molar-refractivity contribution in [3.63, 3.8) is 0 Å². The van der Waals surface area contributed by atoms with E-state index in [2.05, 4.69) is 5.32 Å². The topological polar surface area (TPSA) is 73.6 Å². The SMILES string of the molecule is COc1ccccc1NC(=O)COc1ccc(N)cc1C. The van der Waals surface area contributed by atoms with Crippen LogP contribution in [0.1, 0.15) is 5.56 Å². The quantitative estimate of drug-likeness (QED) is 0.829. The molecule has 0 saturated carbocycles. The lowest BCUT2D eigenvalue weighted by Crippen LogP contribution is -2.20. The van der Waals surface area contributed by atoms with E-state index in [1.807, 2.05) is 19.1 Å². The summed E-state index contributed by atoms with van der Waals surface area (Å²) in [7, 11) is 1.55. The molecule has 0 spiro atoms. The van der Waals surface area contributed by atoms with E-state index in [1.54, 1.807) is 37.4 Å². The molecular formula is C16H18N2O3. The molecule has 2 aromatic carbocycles. The fourth-order valence-corrected chi connectivity index (χ4v) is 1.91. The highest BCUT2D eigenvalue weighted by molar-refractivity contribution is 5.93. The molecule has 0 fully saturated rings. The summed E-state index contributed by atoms with van der Waals surface area (Å²) in [6.45, 7) is 1.80. The predicted octanol–water partition coefficient (Wildman–Crippen LogP) is 2.60. The second-order valence-electron chi connectivity index (χ2n) is 4.56. The van der Waals surface area contributed by atoms with Crippen LogP contribution in [0.25, 0.3) is 0 Å². The van der Waals surface area contributed by atoms with Gasteiger partial charge in [0.25, 0.3) is 5.91 Å². The molecule has 5 heteroatoms. The molecule has 110 valence electrons. The van der Waals surface area contributed by atoms with Gasteiger partial charge in [-0.15, -0.1) is 0 Å². The Morgan fingerprint density at radius 3 is 2.67 bits per heavy atom. The lowest BCUT2D eigenvalue weighted by Gasteiger charge is -2.12. The van der Waals surface area contributed by atoms with Gasteiger partial charge in [-0.25, -0.2) is 0 Å². The zero-order valence-corrected chi connectivity index (χ0v) is 12.1. The molecule has 0 aromatic heterocycles. The van der Waals surface area contributed by atoms with Gasteiger partial charge in [-0.1, -0.05) is 12.1 Å². The van der Waals surface area contributed by atoms with E-state index in [0.29, 0.717) is 22.9 Å². The number of benzene rings is 2. The monoisotopic (exact) mass is 286 g/mol. The van der Waals surface area contributed by atoms with Gasteiger partial charge in [0.05, 0.1) is 12.8 Å². The fourth-order valence-electron chi connectivity index (χ4n) is 1.91. The third kappa shape index (κ3) is 3.89. The smallest absolute Gasteiger partial charge is 0.262 e. The lowest BCUT2D eigenvalue weighted by molar-refractivity contribution is -0.118. The molecule has 0 bridgehead atoms. The van der Waals surface area contributed by atoms with Crippen molar-refractivity contribution in [2.75, 3.05) is 24.8 Å². The van der Waals surface area contributed by atoms with Crippen LogP contribution in [0.4, 0.5) is 11.4 Å². The van der Waals surface area contributed by atoms with Crippen molar-refractivity contribution in [3.05, 3.63) is 48.0 Å². The van der Waals surface area contributed by atoms with E-state index in [-0.39, 0.29) is 12.5 Å². The summed E-state index contributed by atoms with van der Waals surface area (Å²) in [4.78, 5) is 11.9. The van der Waals surface area contributed by atoms with E-state index in [4.69, 9.17) is 15.2 Å². The number of nitrogens with two attached hydrogens (primary N) is 1. The Morgan fingerprint density at radius 1 is 1.19 bits per heavy atom. The minimum atomic E-state index is -0.254. The second kappa shape index (κ2) is 6.65. The molecule has 0 aliphatic heterocycles. The molecule has 3 N–H and O–H groups in total. The van der Waals surface area contributed by atoms with Gasteiger partial charge in [-0.3, -0.25) is 4.79 Å². The van der Waals surface area contributed by atoms with E-state index in [0.717, 1.165) is 5.56 Å². The number of nitrogen functional groups attached to an aromatic ring is 1. The van der Waals surface area contributed by atoms with Gasteiger partial charge in [-0.05, 0) is 42.8 Å². The van der Waals surface area contributed by atoms with Gasteiger partial charge in [0.15, 0.2) is 6.61 Å². The normalized spacial score (nSPS) is 10.0. The van der Waals surface area contributed by atoms with Crippen molar-refractivity contribution in [2.45, 2.75) is 6.92 Å². The summed E-state index contributed by atoms with van der Waals surface area (Å²) >= 11 is 0. The van der Waals surface area contributed by atoms with Crippen LogP contribution in [0.3, 0.4) is 0 Å². The summed E-state index contributed by atoms with van der Waals surface area (Å²) in [5.74, 6) is 0.990. The van der Waals surface area contributed by atoms with Crippen molar-refractivity contribution in [1.82, 2.24) is 0 Å². The highest BCUT2D eigenvalue weighted by atomic mass is 16.5. The van der Waals surface area contributed by atoms with Crippen LogP contribution in [0, 0.1) is 6.92 Å². The first-order chi connectivity index (χ1) is 10.1. The zero-order valence-electron chi connectivity index (χ0n) is 12.1. The van der Waals surface area contributed by atoms with Crippen molar-refractivity contribution < 1.29 is 14.3 Å². The fraction of sp³-hybridized carbons (Fsp3) is 0.188. The Kier molecular flexibility index (Phi) is 4.66. The van der Waals surface area contributed by atoms with Crippen molar-refractivity contribution in [3.8, 4) is 11.5 Å². The Hall–Kier alpha value is -2.69. The number of para-hydroxylation sites is 2. The van der Waals surface area contributed by atoms with E-state index in [9.17, 15) is 4.79 Å². The van der Waals surface area contributed by atoms with Gasteiger partial charge < -0.3 is 20.5 Å². The summed E-state index contributed by atoms with van der Waals surface area (Å²) < 4.78 is 10.7. The first-order valence-corrected chi connectivity index (χ1v) is 6.52. The predicted molar refractivity (Wildman–Crippen MR) is 82.7 cm³/mol. The molecule has 0 unspecified atom stereocenters. The lowest BCUT2D eigenvalue weighted by atomic mass is 10.2. The first-order valence-electron chi connectivity index (χ1n) is 6.52. The van der Waals surface area contributed by atoms with Crippen LogP contribution in [-0.2, 0) is 4.79 Å². The molecule has 0 saturated heterocycles. The highest BCUT2D eigenvalue weighted by Crippen LogP contribution is 2.23. The minimum Gasteiger partial charge on any atom is -0.495 e. The highest BCUT2D eigenvalue weighted by Gasteiger charge is 2.08. The molecule has 1 amide bonds.